The van der Waals surface area contributed by atoms with E-state index >= 15 is 0 Å². The van der Waals surface area contributed by atoms with Gasteiger partial charge in [-0.05, 0) is 36.9 Å². The van der Waals surface area contributed by atoms with E-state index < -0.39 is 0 Å². The lowest BCUT2D eigenvalue weighted by Crippen LogP contribution is -2.47. The Morgan fingerprint density at radius 1 is 1.18 bits per heavy atom. The quantitative estimate of drug-likeness (QED) is 0.859. The first kappa shape index (κ1) is 15.5. The Hall–Kier alpha value is -1.36. The van der Waals surface area contributed by atoms with Crippen molar-refractivity contribution in [1.29, 1.82) is 0 Å². The van der Waals surface area contributed by atoms with Crippen LogP contribution in [0.4, 0.5) is 0 Å². The maximum Gasteiger partial charge on any atom is 0.227 e. The minimum absolute atomic E-state index is 0.229. The molecule has 0 spiro atoms. The predicted octanol–water partition coefficient (Wildman–Crippen LogP) is 3.39. The minimum atomic E-state index is 0.229. The van der Waals surface area contributed by atoms with Crippen molar-refractivity contribution < 1.29 is 4.79 Å². The van der Waals surface area contributed by atoms with Gasteiger partial charge >= 0.3 is 0 Å². The number of nitrogens with zero attached hydrogens (tertiary/aromatic N) is 2. The summed E-state index contributed by atoms with van der Waals surface area (Å²) in [5.74, 6) is 0.229. The zero-order valence-electron chi connectivity index (χ0n) is 12.6. The van der Waals surface area contributed by atoms with Crippen LogP contribution >= 0.6 is 22.9 Å². The second kappa shape index (κ2) is 6.82. The van der Waals surface area contributed by atoms with Crippen LogP contribution in [0.15, 0.2) is 36.4 Å². The standard InChI is InChI=1S/C17H19ClN2OS/c1-19-7-9-20(10-8-19)17(21)12-15-5-6-16(22-15)13-3-2-4-14(18)11-13/h2-6,11H,7-10,12H2,1H3. The summed E-state index contributed by atoms with van der Waals surface area (Å²) in [5.41, 5.74) is 1.11. The molecule has 0 radical (unpaired) electrons. The first-order valence-corrected chi connectivity index (χ1v) is 8.62. The van der Waals surface area contributed by atoms with E-state index in [-0.39, 0.29) is 5.91 Å². The number of piperazine rings is 1. The highest BCUT2D eigenvalue weighted by Gasteiger charge is 2.19. The number of hydrogen-bond donors (Lipinski definition) is 0. The zero-order valence-corrected chi connectivity index (χ0v) is 14.2. The van der Waals surface area contributed by atoms with Crippen LogP contribution in [-0.4, -0.2) is 48.9 Å². The highest BCUT2D eigenvalue weighted by molar-refractivity contribution is 7.15. The van der Waals surface area contributed by atoms with Crippen molar-refractivity contribution in [3.63, 3.8) is 0 Å². The van der Waals surface area contributed by atoms with Gasteiger partial charge in [-0.1, -0.05) is 23.7 Å². The molecule has 2 heterocycles. The fourth-order valence-electron chi connectivity index (χ4n) is 2.59. The highest BCUT2D eigenvalue weighted by Crippen LogP contribution is 2.30. The van der Waals surface area contributed by atoms with E-state index in [9.17, 15) is 4.79 Å². The second-order valence-electron chi connectivity index (χ2n) is 5.64. The average molecular weight is 335 g/mol. The van der Waals surface area contributed by atoms with Gasteiger partial charge in [-0.25, -0.2) is 0 Å². The van der Waals surface area contributed by atoms with Crippen LogP contribution in [0.2, 0.25) is 5.02 Å². The van der Waals surface area contributed by atoms with Crippen molar-refractivity contribution in [2.24, 2.45) is 0 Å². The maximum absolute atomic E-state index is 12.4. The summed E-state index contributed by atoms with van der Waals surface area (Å²) in [7, 11) is 2.10. The van der Waals surface area contributed by atoms with Crippen LogP contribution in [0.5, 0.6) is 0 Å². The molecular formula is C17H19ClN2OS. The second-order valence-corrected chi connectivity index (χ2v) is 7.24. The molecule has 1 aliphatic heterocycles. The number of amides is 1. The molecule has 1 aliphatic rings. The molecule has 1 aromatic heterocycles. The monoisotopic (exact) mass is 334 g/mol. The normalized spacial score (nSPS) is 16.0. The first-order valence-electron chi connectivity index (χ1n) is 7.43. The third-order valence-corrected chi connectivity index (χ3v) is 5.32. The first-order chi connectivity index (χ1) is 10.6. The van der Waals surface area contributed by atoms with Crippen LogP contribution in [0.1, 0.15) is 4.88 Å². The third kappa shape index (κ3) is 3.69. The Bertz CT molecular complexity index is 662. The molecule has 116 valence electrons. The van der Waals surface area contributed by atoms with Crippen molar-refractivity contribution >= 4 is 28.8 Å². The van der Waals surface area contributed by atoms with E-state index in [2.05, 4.69) is 24.1 Å². The van der Waals surface area contributed by atoms with Gasteiger partial charge in [0.1, 0.15) is 0 Å². The Labute approximate surface area is 140 Å². The van der Waals surface area contributed by atoms with Gasteiger partial charge in [0.2, 0.25) is 5.91 Å². The molecule has 3 rings (SSSR count). The Morgan fingerprint density at radius 3 is 2.68 bits per heavy atom. The summed E-state index contributed by atoms with van der Waals surface area (Å²) in [6.07, 6.45) is 0.495. The van der Waals surface area contributed by atoms with E-state index in [0.717, 1.165) is 46.5 Å². The smallest absolute Gasteiger partial charge is 0.227 e. The number of carbonyl (C=O) groups is 1. The van der Waals surface area contributed by atoms with Crippen molar-refractivity contribution in [2.45, 2.75) is 6.42 Å². The Kier molecular flexibility index (Phi) is 4.81. The molecule has 0 N–H and O–H groups in total. The topological polar surface area (TPSA) is 23.6 Å². The number of thiophene rings is 1. The van der Waals surface area contributed by atoms with Crippen molar-refractivity contribution in [2.75, 3.05) is 33.2 Å². The van der Waals surface area contributed by atoms with Crippen LogP contribution in [0.3, 0.4) is 0 Å². The van der Waals surface area contributed by atoms with Crippen molar-refractivity contribution in [3.05, 3.63) is 46.3 Å². The number of benzene rings is 1. The number of likely N-dealkylation sites (N-methyl/N-ethyl adjacent to an activating group) is 1. The molecule has 0 aliphatic carbocycles. The van der Waals surface area contributed by atoms with Crippen molar-refractivity contribution in [1.82, 2.24) is 9.80 Å². The van der Waals surface area contributed by atoms with Crippen LogP contribution in [0.25, 0.3) is 10.4 Å². The lowest BCUT2D eigenvalue weighted by atomic mass is 10.2. The molecular weight excluding hydrogens is 316 g/mol. The molecule has 0 atom stereocenters. The van der Waals surface area contributed by atoms with Gasteiger partial charge in [0, 0.05) is 41.0 Å². The minimum Gasteiger partial charge on any atom is -0.340 e. The van der Waals surface area contributed by atoms with Gasteiger partial charge in [-0.15, -0.1) is 11.3 Å². The van der Waals surface area contributed by atoms with Crippen LogP contribution in [0, 0.1) is 0 Å². The lowest BCUT2D eigenvalue weighted by Gasteiger charge is -2.32. The van der Waals surface area contributed by atoms with Gasteiger partial charge in [0.05, 0.1) is 6.42 Å². The Morgan fingerprint density at radius 2 is 1.95 bits per heavy atom. The zero-order chi connectivity index (χ0) is 15.5. The predicted molar refractivity (Wildman–Crippen MR) is 92.5 cm³/mol. The van der Waals surface area contributed by atoms with E-state index in [1.54, 1.807) is 11.3 Å². The van der Waals surface area contributed by atoms with Gasteiger partial charge < -0.3 is 9.80 Å². The highest BCUT2D eigenvalue weighted by atomic mass is 35.5. The number of rotatable bonds is 3. The summed E-state index contributed by atoms with van der Waals surface area (Å²) in [4.78, 5) is 18.9. The molecule has 1 saturated heterocycles. The van der Waals surface area contributed by atoms with E-state index in [1.807, 2.05) is 29.2 Å². The molecule has 0 saturated carbocycles. The van der Waals surface area contributed by atoms with Crippen LogP contribution < -0.4 is 0 Å². The summed E-state index contributed by atoms with van der Waals surface area (Å²) in [6.45, 7) is 3.59. The average Bonchev–Trinajstić information content (AvgIpc) is 2.96. The number of hydrogen-bond acceptors (Lipinski definition) is 3. The van der Waals surface area contributed by atoms with E-state index in [1.165, 1.54) is 0 Å². The maximum atomic E-state index is 12.4. The third-order valence-electron chi connectivity index (χ3n) is 3.95. The fourth-order valence-corrected chi connectivity index (χ4v) is 3.77. The molecule has 1 fully saturated rings. The van der Waals surface area contributed by atoms with Gasteiger partial charge in [-0.2, -0.15) is 0 Å². The van der Waals surface area contributed by atoms with Gasteiger partial charge in [0.25, 0.3) is 0 Å². The lowest BCUT2D eigenvalue weighted by molar-refractivity contribution is -0.131. The fraction of sp³-hybridized carbons (Fsp3) is 0.353. The SMILES string of the molecule is CN1CCN(C(=O)Cc2ccc(-c3cccc(Cl)c3)s2)CC1. The molecule has 1 aromatic carbocycles. The summed E-state index contributed by atoms with van der Waals surface area (Å²) in [5, 5.41) is 0.737. The van der Waals surface area contributed by atoms with Gasteiger partial charge in [0.15, 0.2) is 0 Å². The summed E-state index contributed by atoms with van der Waals surface area (Å²) in [6, 6.07) is 11.9. The van der Waals surface area contributed by atoms with Crippen LogP contribution in [-0.2, 0) is 11.2 Å². The number of carbonyl (C=O) groups excluding carboxylic acids is 1. The summed E-state index contributed by atoms with van der Waals surface area (Å²) >= 11 is 7.71. The number of halogens is 1. The van der Waals surface area contributed by atoms with E-state index in [4.69, 9.17) is 11.6 Å². The van der Waals surface area contributed by atoms with Gasteiger partial charge in [-0.3, -0.25) is 4.79 Å². The molecule has 0 bridgehead atoms. The Balaban J connectivity index is 1.65. The molecule has 1 amide bonds. The summed E-state index contributed by atoms with van der Waals surface area (Å²) < 4.78 is 0. The van der Waals surface area contributed by atoms with E-state index in [0.29, 0.717) is 6.42 Å². The molecule has 22 heavy (non-hydrogen) atoms. The molecule has 3 nitrogen and oxygen atoms in total. The largest absolute Gasteiger partial charge is 0.340 e. The molecule has 5 heteroatoms. The molecule has 0 unspecified atom stereocenters. The molecule has 2 aromatic rings. The van der Waals surface area contributed by atoms with Crippen molar-refractivity contribution in [3.8, 4) is 10.4 Å².